The van der Waals surface area contributed by atoms with Crippen LogP contribution in [0.3, 0.4) is 0 Å². The summed E-state index contributed by atoms with van der Waals surface area (Å²) in [6.07, 6.45) is 1.50. The van der Waals surface area contributed by atoms with Gasteiger partial charge in [-0.2, -0.15) is 0 Å². The number of anilines is 2. The monoisotopic (exact) mass is 599 g/mol. The number of thiazole rings is 1. The highest BCUT2D eigenvalue weighted by molar-refractivity contribution is 8.00. The van der Waals surface area contributed by atoms with E-state index in [1.54, 1.807) is 36.4 Å². The highest BCUT2D eigenvalue weighted by Gasteiger charge is 2.57. The predicted octanol–water partition coefficient (Wildman–Crippen LogP) is 5.55. The van der Waals surface area contributed by atoms with Gasteiger partial charge in [0.25, 0.3) is 0 Å². The number of fused-ring (bicyclic) bond motifs is 2. The number of rotatable bonds is 5. The Labute approximate surface area is 240 Å². The maximum absolute atomic E-state index is 13.8. The molecule has 3 unspecified atom stereocenters. The Morgan fingerprint density at radius 2 is 1.79 bits per heavy atom. The van der Waals surface area contributed by atoms with Gasteiger partial charge in [-0.3, -0.25) is 23.7 Å². The molecule has 3 atom stereocenters. The number of nitrogens with zero attached hydrogens (tertiary/aromatic N) is 2. The van der Waals surface area contributed by atoms with Crippen molar-refractivity contribution in [1.82, 2.24) is 4.57 Å². The van der Waals surface area contributed by atoms with Gasteiger partial charge in [-0.15, -0.1) is 0 Å². The van der Waals surface area contributed by atoms with E-state index in [9.17, 15) is 19.2 Å². The first kappa shape index (κ1) is 25.9. The third-order valence-electron chi connectivity index (χ3n) is 6.70. The molecule has 2 aliphatic rings. The molecule has 6 rings (SSSR count). The van der Waals surface area contributed by atoms with Crippen LogP contribution in [0.4, 0.5) is 11.4 Å². The molecule has 0 spiro atoms. The van der Waals surface area contributed by atoms with Gasteiger partial charge in [0.05, 0.1) is 43.7 Å². The number of hydrogen-bond donors (Lipinski definition) is 1. The van der Waals surface area contributed by atoms with Crippen molar-refractivity contribution in [3.05, 3.63) is 96.8 Å². The second kappa shape index (κ2) is 10.0. The fourth-order valence-corrected chi connectivity index (χ4v) is 7.95. The van der Waals surface area contributed by atoms with E-state index in [1.807, 2.05) is 19.1 Å². The van der Waals surface area contributed by atoms with E-state index in [2.05, 4.69) is 5.32 Å². The highest BCUT2D eigenvalue weighted by atomic mass is 35.5. The smallest absolute Gasteiger partial charge is 0.308 e. The number of amides is 3. The van der Waals surface area contributed by atoms with E-state index >= 15 is 0 Å². The first-order chi connectivity index (χ1) is 18.7. The van der Waals surface area contributed by atoms with Gasteiger partial charge in [0, 0.05) is 5.69 Å². The van der Waals surface area contributed by atoms with Crippen LogP contribution in [0.2, 0.25) is 10.0 Å². The molecule has 12 heteroatoms. The van der Waals surface area contributed by atoms with Gasteiger partial charge in [0.1, 0.15) is 17.6 Å². The molecule has 0 saturated carbocycles. The van der Waals surface area contributed by atoms with Crippen LogP contribution in [-0.2, 0) is 20.9 Å². The lowest BCUT2D eigenvalue weighted by Gasteiger charge is -2.29. The molecule has 2 aromatic heterocycles. The zero-order chi connectivity index (χ0) is 27.4. The zero-order valence-electron chi connectivity index (χ0n) is 20.2. The Morgan fingerprint density at radius 3 is 2.49 bits per heavy atom. The van der Waals surface area contributed by atoms with Gasteiger partial charge in [-0.05, 0) is 49.4 Å². The molecule has 3 amide bonds. The topological polar surface area (TPSA) is 102 Å². The van der Waals surface area contributed by atoms with Crippen molar-refractivity contribution in [2.45, 2.75) is 29.7 Å². The number of hydrogen-bond acceptors (Lipinski definition) is 7. The van der Waals surface area contributed by atoms with Crippen LogP contribution in [-0.4, -0.2) is 27.5 Å². The molecule has 198 valence electrons. The van der Waals surface area contributed by atoms with Crippen LogP contribution < -0.4 is 15.1 Å². The average Bonchev–Trinajstić information content (AvgIpc) is 3.60. The normalized spacial score (nSPS) is 20.2. The SMILES string of the molecule is Cc1ccc(N2C(=O)C3Sc4c(sc(=O)n4CC(=O)Nc4ccc(Cl)c(Cl)c4)C(c4ccco4)C3C2=O)cc1. The van der Waals surface area contributed by atoms with E-state index in [1.165, 1.54) is 21.8 Å². The summed E-state index contributed by atoms with van der Waals surface area (Å²) in [5.74, 6) is -2.11. The maximum atomic E-state index is 13.8. The number of imide groups is 1. The summed E-state index contributed by atoms with van der Waals surface area (Å²) in [7, 11) is 0. The standard InChI is InChI=1S/C27H19Cl2N3O5S2/c1-13-4-7-15(8-5-13)32-24(34)21-20(18-3-2-10-37-18)23-26(38-22(21)25(32)35)31(27(36)39-23)12-19(33)30-14-6-9-16(28)17(29)11-14/h2-11,20-22H,12H2,1H3,(H,30,33). The fraction of sp³-hybridized carbons (Fsp3) is 0.185. The number of aromatic nitrogens is 1. The molecule has 0 radical (unpaired) electrons. The number of benzene rings is 2. The molecule has 1 saturated heterocycles. The number of thioether (sulfide) groups is 1. The largest absolute Gasteiger partial charge is 0.469 e. The molecular formula is C27H19Cl2N3O5S2. The number of carbonyl (C=O) groups is 3. The van der Waals surface area contributed by atoms with Gasteiger partial charge in [-0.1, -0.05) is 64.0 Å². The van der Waals surface area contributed by atoms with Crippen LogP contribution in [0.1, 0.15) is 22.1 Å². The lowest BCUT2D eigenvalue weighted by atomic mass is 9.87. The summed E-state index contributed by atoms with van der Waals surface area (Å²) >= 11 is 14.1. The minimum absolute atomic E-state index is 0.282. The third kappa shape index (κ3) is 4.51. The molecule has 4 heterocycles. The summed E-state index contributed by atoms with van der Waals surface area (Å²) in [5.41, 5.74) is 1.92. The van der Waals surface area contributed by atoms with E-state index in [0.29, 0.717) is 32.1 Å². The summed E-state index contributed by atoms with van der Waals surface area (Å²) in [4.78, 5) is 54.9. The van der Waals surface area contributed by atoms with Crippen molar-refractivity contribution in [3.63, 3.8) is 0 Å². The summed E-state index contributed by atoms with van der Waals surface area (Å²) in [6, 6.07) is 15.3. The Kier molecular flexibility index (Phi) is 6.66. The molecule has 0 aliphatic carbocycles. The van der Waals surface area contributed by atoms with Crippen molar-refractivity contribution in [3.8, 4) is 0 Å². The van der Waals surface area contributed by atoms with Gasteiger partial charge in [0.15, 0.2) is 0 Å². The van der Waals surface area contributed by atoms with Gasteiger partial charge in [-0.25, -0.2) is 4.90 Å². The fourth-order valence-electron chi connectivity index (χ4n) is 4.90. The van der Waals surface area contributed by atoms with Crippen molar-refractivity contribution in [2.24, 2.45) is 5.92 Å². The average molecular weight is 601 g/mol. The van der Waals surface area contributed by atoms with Crippen molar-refractivity contribution in [1.29, 1.82) is 0 Å². The summed E-state index contributed by atoms with van der Waals surface area (Å²) in [6.45, 7) is 1.64. The van der Waals surface area contributed by atoms with Crippen LogP contribution >= 0.6 is 46.3 Å². The van der Waals surface area contributed by atoms with Crippen molar-refractivity contribution in [2.75, 3.05) is 10.2 Å². The Bertz CT molecular complexity index is 1680. The van der Waals surface area contributed by atoms with Crippen LogP contribution in [0.15, 0.2) is 75.1 Å². The van der Waals surface area contributed by atoms with Gasteiger partial charge in [0.2, 0.25) is 17.7 Å². The number of halogens is 2. The second-order valence-electron chi connectivity index (χ2n) is 9.21. The number of aryl methyl sites for hydroxylation is 1. The Hall–Kier alpha value is -3.31. The summed E-state index contributed by atoms with van der Waals surface area (Å²) < 4.78 is 7.05. The second-order valence-corrected chi connectivity index (χ2v) is 12.1. The zero-order valence-corrected chi connectivity index (χ0v) is 23.4. The molecule has 1 N–H and O–H groups in total. The number of nitrogens with one attached hydrogen (secondary N) is 1. The molecule has 2 aliphatic heterocycles. The van der Waals surface area contributed by atoms with Crippen LogP contribution in [0.5, 0.6) is 0 Å². The molecular weight excluding hydrogens is 581 g/mol. The first-order valence-electron chi connectivity index (χ1n) is 11.9. The third-order valence-corrected chi connectivity index (χ3v) is 10.0. The Morgan fingerprint density at radius 1 is 1.03 bits per heavy atom. The molecule has 0 bridgehead atoms. The van der Waals surface area contributed by atoms with E-state index in [4.69, 9.17) is 27.6 Å². The lowest BCUT2D eigenvalue weighted by molar-refractivity contribution is -0.122. The first-order valence-corrected chi connectivity index (χ1v) is 14.3. The maximum Gasteiger partial charge on any atom is 0.308 e. The minimum Gasteiger partial charge on any atom is -0.469 e. The highest BCUT2D eigenvalue weighted by Crippen LogP contribution is 2.53. The van der Waals surface area contributed by atoms with Gasteiger partial charge >= 0.3 is 4.87 Å². The molecule has 2 aromatic carbocycles. The Balaban J connectivity index is 1.37. The van der Waals surface area contributed by atoms with Gasteiger partial charge < -0.3 is 9.73 Å². The molecule has 8 nitrogen and oxygen atoms in total. The number of carbonyl (C=O) groups excluding carboxylic acids is 3. The number of furan rings is 1. The van der Waals surface area contributed by atoms with Crippen LogP contribution in [0, 0.1) is 12.8 Å². The predicted molar refractivity (Wildman–Crippen MR) is 151 cm³/mol. The van der Waals surface area contributed by atoms with Crippen molar-refractivity contribution >= 4 is 75.4 Å². The van der Waals surface area contributed by atoms with E-state index < -0.39 is 23.0 Å². The van der Waals surface area contributed by atoms with Crippen LogP contribution in [0.25, 0.3) is 0 Å². The molecule has 4 aromatic rings. The van der Waals surface area contributed by atoms with E-state index in [-0.39, 0.29) is 28.3 Å². The molecule has 39 heavy (non-hydrogen) atoms. The minimum atomic E-state index is -0.792. The van der Waals surface area contributed by atoms with Crippen molar-refractivity contribution < 1.29 is 18.8 Å². The quantitative estimate of drug-likeness (QED) is 0.302. The molecule has 1 fully saturated rings. The summed E-state index contributed by atoms with van der Waals surface area (Å²) in [5, 5.41) is 3.04. The van der Waals surface area contributed by atoms with E-state index in [0.717, 1.165) is 28.7 Å². The lowest BCUT2D eigenvalue weighted by Crippen LogP contribution is -2.32.